The van der Waals surface area contributed by atoms with Gasteiger partial charge < -0.3 is 10.3 Å². The minimum atomic E-state index is -3.83. The molecule has 2 N–H and O–H groups in total. The fraction of sp³-hybridized carbons (Fsp3) is 0.450. The van der Waals surface area contributed by atoms with Gasteiger partial charge in [-0.2, -0.15) is 0 Å². The summed E-state index contributed by atoms with van der Waals surface area (Å²) in [6, 6.07) is 5.90. The van der Waals surface area contributed by atoms with Crippen LogP contribution in [0.3, 0.4) is 0 Å². The fourth-order valence-corrected chi connectivity index (χ4v) is 6.21. The summed E-state index contributed by atoms with van der Waals surface area (Å²) in [6.45, 7) is 7.36. The summed E-state index contributed by atoms with van der Waals surface area (Å²) >= 11 is 0. The van der Waals surface area contributed by atoms with Gasteiger partial charge in [0.05, 0.1) is 5.52 Å². The van der Waals surface area contributed by atoms with Gasteiger partial charge in [-0.1, -0.05) is 16.8 Å². The molecule has 0 bridgehead atoms. The molecule has 4 rings (SSSR count). The molecule has 0 saturated carbocycles. The van der Waals surface area contributed by atoms with Gasteiger partial charge in [-0.25, -0.2) is 12.4 Å². The van der Waals surface area contributed by atoms with E-state index in [1.807, 2.05) is 26.0 Å². The van der Waals surface area contributed by atoms with Crippen LogP contribution in [0.25, 0.3) is 10.9 Å². The van der Waals surface area contributed by atoms with Gasteiger partial charge >= 0.3 is 0 Å². The molecule has 6 nitrogen and oxygen atoms in total. The van der Waals surface area contributed by atoms with Crippen molar-refractivity contribution in [2.45, 2.75) is 63.8 Å². The van der Waals surface area contributed by atoms with Crippen LogP contribution in [-0.2, 0) is 22.9 Å². The molecular weight excluding hydrogens is 362 g/mol. The number of hydrogen-bond donors (Lipinski definition) is 1. The predicted octanol–water partition coefficient (Wildman–Crippen LogP) is 3.39. The van der Waals surface area contributed by atoms with Gasteiger partial charge in [-0.15, -0.1) is 0 Å². The maximum Gasteiger partial charge on any atom is 0.273 e. The Hall–Kier alpha value is -2.12. The van der Waals surface area contributed by atoms with Crippen molar-refractivity contribution in [2.75, 3.05) is 0 Å². The van der Waals surface area contributed by atoms with Crippen LogP contribution < -0.4 is 5.73 Å². The Morgan fingerprint density at radius 2 is 2.00 bits per heavy atom. The highest BCUT2D eigenvalue weighted by atomic mass is 32.2. The van der Waals surface area contributed by atoms with Crippen LogP contribution >= 0.6 is 0 Å². The SMILES string of the molecule is Cc1ccc2c(c1)c1c(n2S(=O)(=O)c2c(C)noc2C)CCCC(C)(N)C1. The largest absolute Gasteiger partial charge is 0.360 e. The van der Waals surface area contributed by atoms with Gasteiger partial charge in [0.2, 0.25) is 0 Å². The van der Waals surface area contributed by atoms with E-state index in [1.165, 1.54) is 3.97 Å². The molecule has 1 aliphatic rings. The Morgan fingerprint density at radius 1 is 1.26 bits per heavy atom. The van der Waals surface area contributed by atoms with E-state index in [0.717, 1.165) is 35.0 Å². The minimum Gasteiger partial charge on any atom is -0.360 e. The molecule has 0 radical (unpaired) electrons. The summed E-state index contributed by atoms with van der Waals surface area (Å²) in [7, 11) is -3.83. The molecule has 27 heavy (non-hydrogen) atoms. The molecule has 144 valence electrons. The zero-order chi connectivity index (χ0) is 19.6. The van der Waals surface area contributed by atoms with Crippen molar-refractivity contribution in [2.24, 2.45) is 5.73 Å². The van der Waals surface area contributed by atoms with Crippen molar-refractivity contribution in [1.82, 2.24) is 9.13 Å². The van der Waals surface area contributed by atoms with E-state index in [9.17, 15) is 8.42 Å². The Morgan fingerprint density at radius 3 is 2.67 bits per heavy atom. The third-order valence-corrected chi connectivity index (χ3v) is 7.49. The molecule has 7 heteroatoms. The van der Waals surface area contributed by atoms with Gasteiger partial charge in [-0.05, 0) is 71.1 Å². The van der Waals surface area contributed by atoms with E-state index in [-0.39, 0.29) is 10.4 Å². The maximum absolute atomic E-state index is 13.7. The van der Waals surface area contributed by atoms with Crippen LogP contribution in [0.4, 0.5) is 0 Å². The van der Waals surface area contributed by atoms with E-state index < -0.39 is 10.0 Å². The molecule has 1 aromatic carbocycles. The van der Waals surface area contributed by atoms with Crippen molar-refractivity contribution in [1.29, 1.82) is 0 Å². The molecule has 0 amide bonds. The zero-order valence-electron chi connectivity index (χ0n) is 16.2. The van der Waals surface area contributed by atoms with Gasteiger partial charge in [0, 0.05) is 16.6 Å². The third-order valence-electron chi connectivity index (χ3n) is 5.50. The van der Waals surface area contributed by atoms with Crippen molar-refractivity contribution in [3.8, 4) is 0 Å². The molecule has 1 aliphatic carbocycles. The number of fused-ring (bicyclic) bond motifs is 3. The quantitative estimate of drug-likeness (QED) is 0.681. The standard InChI is InChI=1S/C20H25N3O3S/c1-12-7-8-18-15(10-12)16-11-20(4,21)9-5-6-17(16)23(18)27(24,25)19-13(2)22-26-14(19)3/h7-8,10H,5-6,9,11,21H2,1-4H3. The highest BCUT2D eigenvalue weighted by Gasteiger charge is 2.34. The Balaban J connectivity index is 2.09. The molecule has 3 aromatic rings. The molecule has 0 aliphatic heterocycles. The number of hydrogen-bond acceptors (Lipinski definition) is 5. The highest BCUT2D eigenvalue weighted by Crippen LogP contribution is 2.37. The van der Waals surface area contributed by atoms with Gasteiger partial charge in [-0.3, -0.25) is 0 Å². The van der Waals surface area contributed by atoms with E-state index in [0.29, 0.717) is 29.8 Å². The van der Waals surface area contributed by atoms with Gasteiger partial charge in [0.1, 0.15) is 5.69 Å². The minimum absolute atomic E-state index is 0.155. The average Bonchev–Trinajstić information content (AvgIpc) is 3.00. The second-order valence-corrected chi connectivity index (χ2v) is 9.78. The number of aromatic nitrogens is 2. The van der Waals surface area contributed by atoms with Crippen molar-refractivity contribution < 1.29 is 12.9 Å². The molecule has 0 spiro atoms. The second-order valence-electron chi connectivity index (χ2n) is 8.05. The summed E-state index contributed by atoms with van der Waals surface area (Å²) in [5.74, 6) is 0.312. The number of nitrogens with zero attached hydrogens (tertiary/aromatic N) is 2. The van der Waals surface area contributed by atoms with Crippen LogP contribution in [0.15, 0.2) is 27.6 Å². The lowest BCUT2D eigenvalue weighted by molar-refractivity contribution is 0.390. The van der Waals surface area contributed by atoms with Crippen LogP contribution in [0.2, 0.25) is 0 Å². The van der Waals surface area contributed by atoms with Crippen LogP contribution in [0, 0.1) is 20.8 Å². The third kappa shape index (κ3) is 2.80. The molecule has 1 unspecified atom stereocenters. The summed E-state index contributed by atoms with van der Waals surface area (Å²) in [4.78, 5) is 0.155. The van der Waals surface area contributed by atoms with Crippen LogP contribution in [0.1, 0.15) is 48.0 Å². The number of nitrogens with two attached hydrogens (primary N) is 1. The predicted molar refractivity (Wildman–Crippen MR) is 104 cm³/mol. The van der Waals surface area contributed by atoms with Crippen LogP contribution in [-0.4, -0.2) is 23.1 Å². The molecule has 0 saturated heterocycles. The first-order chi connectivity index (χ1) is 12.6. The van der Waals surface area contributed by atoms with Crippen molar-refractivity contribution in [3.05, 3.63) is 46.5 Å². The highest BCUT2D eigenvalue weighted by molar-refractivity contribution is 7.90. The lowest BCUT2D eigenvalue weighted by Gasteiger charge is -2.22. The summed E-state index contributed by atoms with van der Waals surface area (Å²) < 4.78 is 34.0. The number of rotatable bonds is 2. The Kier molecular flexibility index (Phi) is 4.01. The Bertz CT molecular complexity index is 1130. The summed E-state index contributed by atoms with van der Waals surface area (Å²) in [6.07, 6.45) is 3.05. The summed E-state index contributed by atoms with van der Waals surface area (Å²) in [5.41, 5.74) is 10.2. The first-order valence-electron chi connectivity index (χ1n) is 9.22. The monoisotopic (exact) mass is 387 g/mol. The fourth-order valence-electron chi connectivity index (χ4n) is 4.30. The van der Waals surface area contributed by atoms with Crippen LogP contribution in [0.5, 0.6) is 0 Å². The van der Waals surface area contributed by atoms with E-state index in [4.69, 9.17) is 10.3 Å². The lowest BCUT2D eigenvalue weighted by Crippen LogP contribution is -2.37. The smallest absolute Gasteiger partial charge is 0.273 e. The van der Waals surface area contributed by atoms with Gasteiger partial charge in [0.25, 0.3) is 10.0 Å². The topological polar surface area (TPSA) is 91.1 Å². The molecular formula is C20H25N3O3S. The first kappa shape index (κ1) is 18.3. The second kappa shape index (κ2) is 5.94. The normalized spacial score (nSPS) is 20.6. The summed E-state index contributed by atoms with van der Waals surface area (Å²) in [5, 5.41) is 4.82. The lowest BCUT2D eigenvalue weighted by atomic mass is 9.91. The van der Waals surface area contributed by atoms with E-state index in [2.05, 4.69) is 11.2 Å². The molecule has 0 fully saturated rings. The zero-order valence-corrected chi connectivity index (χ0v) is 17.0. The van der Waals surface area contributed by atoms with Gasteiger partial charge in [0.15, 0.2) is 10.7 Å². The molecule has 1 atom stereocenters. The number of aryl methyl sites for hydroxylation is 3. The Labute approximate surface area is 159 Å². The molecule has 2 aromatic heterocycles. The average molecular weight is 388 g/mol. The van der Waals surface area contributed by atoms with Crippen molar-refractivity contribution in [3.63, 3.8) is 0 Å². The number of benzene rings is 1. The maximum atomic E-state index is 13.7. The van der Waals surface area contributed by atoms with E-state index >= 15 is 0 Å². The first-order valence-corrected chi connectivity index (χ1v) is 10.7. The van der Waals surface area contributed by atoms with Crippen molar-refractivity contribution >= 4 is 20.9 Å². The molecule has 2 heterocycles. The van der Waals surface area contributed by atoms with E-state index in [1.54, 1.807) is 13.8 Å².